The first kappa shape index (κ1) is 12.9. The molecule has 1 aliphatic carbocycles. The molecule has 0 amide bonds. The summed E-state index contributed by atoms with van der Waals surface area (Å²) in [6.07, 6.45) is 4.39. The number of benzene rings is 1. The van der Waals surface area contributed by atoms with Crippen LogP contribution in [-0.2, 0) is 16.6 Å². The highest BCUT2D eigenvalue weighted by Gasteiger charge is 2.37. The third-order valence-electron chi connectivity index (χ3n) is 4.17. The Morgan fingerprint density at radius 2 is 2.20 bits per heavy atom. The Kier molecular flexibility index (Phi) is 2.89. The minimum Gasteiger partial charge on any atom is -0.481 e. The summed E-state index contributed by atoms with van der Waals surface area (Å²) in [4.78, 5) is 15.1. The van der Waals surface area contributed by atoms with E-state index in [9.17, 15) is 4.79 Å². The van der Waals surface area contributed by atoms with E-state index >= 15 is 0 Å². The Bertz CT molecular complexity index is 658. The second kappa shape index (κ2) is 4.47. The topological polar surface area (TPSA) is 55.1 Å². The molecule has 1 N–H and O–H groups in total. The van der Waals surface area contributed by atoms with Crippen LogP contribution >= 0.6 is 0 Å². The van der Waals surface area contributed by atoms with Gasteiger partial charge in [0.25, 0.3) is 0 Å². The van der Waals surface area contributed by atoms with Crippen LogP contribution in [0.5, 0.6) is 0 Å². The molecule has 104 valence electrons. The van der Waals surface area contributed by atoms with E-state index in [1.54, 1.807) is 12.5 Å². The van der Waals surface area contributed by atoms with E-state index in [0.717, 1.165) is 12.1 Å². The van der Waals surface area contributed by atoms with Gasteiger partial charge in [-0.05, 0) is 23.0 Å². The number of imidazole rings is 1. The maximum atomic E-state index is 11.0. The maximum Gasteiger partial charge on any atom is 0.309 e. The van der Waals surface area contributed by atoms with E-state index in [-0.39, 0.29) is 17.9 Å². The number of aliphatic carboxylic acids is 1. The third-order valence-corrected chi connectivity index (χ3v) is 4.17. The smallest absolute Gasteiger partial charge is 0.309 e. The van der Waals surface area contributed by atoms with Crippen molar-refractivity contribution in [2.45, 2.75) is 38.1 Å². The summed E-state index contributed by atoms with van der Waals surface area (Å²) >= 11 is 0. The van der Waals surface area contributed by atoms with Crippen LogP contribution < -0.4 is 0 Å². The largest absolute Gasteiger partial charge is 0.481 e. The lowest BCUT2D eigenvalue weighted by Crippen LogP contribution is -2.16. The van der Waals surface area contributed by atoms with E-state index in [0.29, 0.717) is 0 Å². The molecule has 1 atom stereocenters. The summed E-state index contributed by atoms with van der Waals surface area (Å²) in [5.74, 6) is -0.822. The number of carboxylic acids is 1. The molecule has 0 spiro atoms. The van der Waals surface area contributed by atoms with Gasteiger partial charge in [0.2, 0.25) is 0 Å². The van der Waals surface area contributed by atoms with E-state index in [2.05, 4.69) is 37.0 Å². The van der Waals surface area contributed by atoms with Crippen molar-refractivity contribution in [1.29, 1.82) is 0 Å². The fourth-order valence-corrected chi connectivity index (χ4v) is 3.26. The first-order chi connectivity index (χ1) is 9.49. The number of aromatic nitrogens is 2. The molecular formula is C16H18N2O2. The van der Waals surface area contributed by atoms with Crippen molar-refractivity contribution in [3.63, 3.8) is 0 Å². The number of rotatable bonds is 3. The minimum atomic E-state index is -0.822. The standard InChI is InChI=1S/C16H18N2O2/c1-16(2)8-14(12-5-3-4-6-13(12)16)18-10-17-9-11(18)7-15(19)20/h3-6,9-10,14H,7-8H2,1-2H3,(H,19,20). The van der Waals surface area contributed by atoms with E-state index in [4.69, 9.17) is 5.11 Å². The van der Waals surface area contributed by atoms with Crippen LogP contribution in [0.3, 0.4) is 0 Å². The number of carbonyl (C=O) groups is 1. The van der Waals surface area contributed by atoms with Gasteiger partial charge in [0.15, 0.2) is 0 Å². The van der Waals surface area contributed by atoms with Crippen molar-refractivity contribution in [1.82, 2.24) is 9.55 Å². The van der Waals surface area contributed by atoms with Crippen LogP contribution in [0.2, 0.25) is 0 Å². The number of hydrogen-bond donors (Lipinski definition) is 1. The number of nitrogens with zero attached hydrogens (tertiary/aromatic N) is 2. The fourth-order valence-electron chi connectivity index (χ4n) is 3.26. The van der Waals surface area contributed by atoms with E-state index in [1.807, 2.05) is 10.6 Å². The normalized spacial score (nSPS) is 19.8. The molecule has 0 radical (unpaired) electrons. The van der Waals surface area contributed by atoms with Crippen LogP contribution in [0.15, 0.2) is 36.8 Å². The quantitative estimate of drug-likeness (QED) is 0.933. The van der Waals surface area contributed by atoms with Gasteiger partial charge < -0.3 is 9.67 Å². The second-order valence-corrected chi connectivity index (χ2v) is 6.05. The molecular weight excluding hydrogens is 252 g/mol. The molecule has 3 rings (SSSR count). The van der Waals surface area contributed by atoms with Gasteiger partial charge in [-0.3, -0.25) is 4.79 Å². The highest BCUT2D eigenvalue weighted by atomic mass is 16.4. The molecule has 0 fully saturated rings. The van der Waals surface area contributed by atoms with Crippen LogP contribution in [0.25, 0.3) is 0 Å². The summed E-state index contributed by atoms with van der Waals surface area (Å²) in [6, 6.07) is 8.59. The van der Waals surface area contributed by atoms with Gasteiger partial charge in [-0.1, -0.05) is 38.1 Å². The maximum absolute atomic E-state index is 11.0. The van der Waals surface area contributed by atoms with Crippen molar-refractivity contribution in [3.05, 3.63) is 53.6 Å². The molecule has 1 aromatic heterocycles. The van der Waals surface area contributed by atoms with Crippen molar-refractivity contribution in [2.75, 3.05) is 0 Å². The van der Waals surface area contributed by atoms with Gasteiger partial charge in [-0.25, -0.2) is 4.98 Å². The lowest BCUT2D eigenvalue weighted by molar-refractivity contribution is -0.136. The molecule has 0 bridgehead atoms. The number of carboxylic acid groups (broad SMARTS) is 1. The average Bonchev–Trinajstić information content (AvgIpc) is 2.92. The molecule has 2 aromatic rings. The molecule has 1 aromatic carbocycles. The Morgan fingerprint density at radius 3 is 2.95 bits per heavy atom. The lowest BCUT2D eigenvalue weighted by Gasteiger charge is -2.20. The summed E-state index contributed by atoms with van der Waals surface area (Å²) in [5, 5.41) is 9.01. The lowest BCUT2D eigenvalue weighted by atomic mass is 9.86. The zero-order valence-corrected chi connectivity index (χ0v) is 11.7. The van der Waals surface area contributed by atoms with Gasteiger partial charge in [-0.2, -0.15) is 0 Å². The molecule has 4 nitrogen and oxygen atoms in total. The van der Waals surface area contributed by atoms with Gasteiger partial charge >= 0.3 is 5.97 Å². The van der Waals surface area contributed by atoms with Crippen molar-refractivity contribution in [2.24, 2.45) is 0 Å². The van der Waals surface area contributed by atoms with Crippen LogP contribution in [0.4, 0.5) is 0 Å². The predicted octanol–water partition coefficient (Wildman–Crippen LogP) is 2.78. The zero-order chi connectivity index (χ0) is 14.3. The Balaban J connectivity index is 2.05. The first-order valence-corrected chi connectivity index (χ1v) is 6.81. The van der Waals surface area contributed by atoms with Gasteiger partial charge in [0.05, 0.1) is 18.8 Å². The monoisotopic (exact) mass is 270 g/mol. The molecule has 4 heteroatoms. The van der Waals surface area contributed by atoms with Gasteiger partial charge in [0, 0.05) is 11.9 Å². The van der Waals surface area contributed by atoms with Crippen LogP contribution in [0, 0.1) is 0 Å². The van der Waals surface area contributed by atoms with Crippen molar-refractivity contribution >= 4 is 5.97 Å². The third kappa shape index (κ3) is 2.01. The Labute approximate surface area is 118 Å². The highest BCUT2D eigenvalue weighted by molar-refractivity contribution is 5.69. The summed E-state index contributed by atoms with van der Waals surface area (Å²) in [7, 11) is 0. The van der Waals surface area contributed by atoms with Gasteiger partial charge in [0.1, 0.15) is 0 Å². The summed E-state index contributed by atoms with van der Waals surface area (Å²) in [6.45, 7) is 4.47. The molecule has 0 saturated carbocycles. The zero-order valence-electron chi connectivity index (χ0n) is 11.7. The van der Waals surface area contributed by atoms with Crippen molar-refractivity contribution in [3.8, 4) is 0 Å². The average molecular weight is 270 g/mol. The van der Waals surface area contributed by atoms with E-state index < -0.39 is 5.97 Å². The van der Waals surface area contributed by atoms with E-state index in [1.165, 1.54) is 11.1 Å². The minimum absolute atomic E-state index is 0.0130. The summed E-state index contributed by atoms with van der Waals surface area (Å²) < 4.78 is 2.02. The van der Waals surface area contributed by atoms with Crippen molar-refractivity contribution < 1.29 is 9.90 Å². The first-order valence-electron chi connectivity index (χ1n) is 6.81. The van der Waals surface area contributed by atoms with Crippen LogP contribution in [0.1, 0.15) is 43.1 Å². The highest BCUT2D eigenvalue weighted by Crippen LogP contribution is 2.46. The second-order valence-electron chi connectivity index (χ2n) is 6.05. The molecule has 20 heavy (non-hydrogen) atoms. The Hall–Kier alpha value is -2.10. The fraction of sp³-hybridized carbons (Fsp3) is 0.375. The molecule has 1 heterocycles. The van der Waals surface area contributed by atoms with Gasteiger partial charge in [-0.15, -0.1) is 0 Å². The molecule has 1 aliphatic rings. The molecule has 0 saturated heterocycles. The van der Waals surface area contributed by atoms with Crippen LogP contribution in [-0.4, -0.2) is 20.6 Å². The predicted molar refractivity (Wildman–Crippen MR) is 75.8 cm³/mol. The molecule has 0 aliphatic heterocycles. The Morgan fingerprint density at radius 1 is 1.45 bits per heavy atom. The summed E-state index contributed by atoms with van der Waals surface area (Å²) in [5.41, 5.74) is 3.49. The molecule has 1 unspecified atom stereocenters. The number of fused-ring (bicyclic) bond motifs is 1. The number of hydrogen-bond acceptors (Lipinski definition) is 2. The SMILES string of the molecule is CC1(C)CC(n2cncc2CC(=O)O)c2ccccc21.